The zero-order valence-corrected chi connectivity index (χ0v) is 25.2. The maximum atomic E-state index is 5.95. The van der Waals surface area contributed by atoms with Crippen LogP contribution < -0.4 is 31.6 Å². The lowest BCUT2D eigenvalue weighted by atomic mass is 10.1. The van der Waals surface area contributed by atoms with Gasteiger partial charge in [-0.2, -0.15) is 0 Å². The lowest BCUT2D eigenvalue weighted by Gasteiger charge is -2.11. The van der Waals surface area contributed by atoms with Crippen LogP contribution in [-0.4, -0.2) is 0 Å². The van der Waals surface area contributed by atoms with Crippen molar-refractivity contribution in [1.82, 2.24) is 10.6 Å². The van der Waals surface area contributed by atoms with Crippen LogP contribution in [0.2, 0.25) is 0 Å². The molecule has 0 heterocycles. The second-order valence-electron chi connectivity index (χ2n) is 10.9. The van der Waals surface area contributed by atoms with Gasteiger partial charge in [-0.1, -0.05) is 97.1 Å². The molecule has 6 N–H and O–H groups in total. The Labute approximate surface area is 261 Å². The van der Waals surface area contributed by atoms with Crippen LogP contribution in [0.3, 0.4) is 0 Å². The SMILES string of the molecule is NCc1ccc(OCc2cccc(CNCc3ccc(CNCc4cccc(COc5ccc(CN)cc5)c4)cc3)c2)cc1. The van der Waals surface area contributed by atoms with Crippen LogP contribution >= 0.6 is 0 Å². The second kappa shape index (κ2) is 16.4. The first-order valence-electron chi connectivity index (χ1n) is 15.2. The van der Waals surface area contributed by atoms with Crippen molar-refractivity contribution in [3.05, 3.63) is 166 Å². The van der Waals surface area contributed by atoms with Crippen molar-refractivity contribution in [2.45, 2.75) is 52.5 Å². The molecule has 6 nitrogen and oxygen atoms in total. The van der Waals surface area contributed by atoms with E-state index in [0.29, 0.717) is 26.3 Å². The number of ether oxygens (including phenoxy) is 2. The molecule has 0 bridgehead atoms. The second-order valence-corrected chi connectivity index (χ2v) is 10.9. The van der Waals surface area contributed by atoms with E-state index in [0.717, 1.165) is 59.9 Å². The van der Waals surface area contributed by atoms with Gasteiger partial charge in [-0.15, -0.1) is 0 Å². The van der Waals surface area contributed by atoms with Gasteiger partial charge in [0.2, 0.25) is 0 Å². The van der Waals surface area contributed by atoms with E-state index in [1.807, 2.05) is 48.5 Å². The van der Waals surface area contributed by atoms with Gasteiger partial charge in [0, 0.05) is 39.3 Å². The van der Waals surface area contributed by atoms with Crippen molar-refractivity contribution in [3.8, 4) is 11.5 Å². The Kier molecular flexibility index (Phi) is 11.6. The fraction of sp³-hybridized carbons (Fsp3) is 0.211. The van der Waals surface area contributed by atoms with E-state index in [4.69, 9.17) is 20.9 Å². The molecular formula is C38H42N4O2. The van der Waals surface area contributed by atoms with Crippen molar-refractivity contribution < 1.29 is 9.47 Å². The Balaban J connectivity index is 1.01. The molecule has 0 unspecified atom stereocenters. The van der Waals surface area contributed by atoms with E-state index in [1.54, 1.807) is 0 Å². The largest absolute Gasteiger partial charge is 0.489 e. The minimum absolute atomic E-state index is 0.538. The molecule has 0 saturated carbocycles. The first-order chi connectivity index (χ1) is 21.7. The van der Waals surface area contributed by atoms with Crippen molar-refractivity contribution in [3.63, 3.8) is 0 Å². The fourth-order valence-electron chi connectivity index (χ4n) is 4.91. The molecule has 226 valence electrons. The molecular weight excluding hydrogens is 544 g/mol. The van der Waals surface area contributed by atoms with Gasteiger partial charge in [0.25, 0.3) is 0 Å². The van der Waals surface area contributed by atoms with E-state index in [-0.39, 0.29) is 0 Å². The van der Waals surface area contributed by atoms with Gasteiger partial charge in [0.1, 0.15) is 24.7 Å². The molecule has 0 saturated heterocycles. The van der Waals surface area contributed by atoms with Crippen LogP contribution in [0.1, 0.15) is 44.5 Å². The molecule has 0 aliphatic rings. The third kappa shape index (κ3) is 9.79. The number of nitrogens with two attached hydrogens (primary N) is 2. The molecule has 0 aliphatic heterocycles. The summed E-state index contributed by atoms with van der Waals surface area (Å²) in [5.41, 5.74) is 20.9. The minimum Gasteiger partial charge on any atom is -0.489 e. The van der Waals surface area contributed by atoms with Crippen LogP contribution in [0.15, 0.2) is 121 Å². The van der Waals surface area contributed by atoms with Crippen molar-refractivity contribution in [2.75, 3.05) is 0 Å². The molecule has 0 aliphatic carbocycles. The highest BCUT2D eigenvalue weighted by molar-refractivity contribution is 5.30. The topological polar surface area (TPSA) is 94.6 Å². The molecule has 0 radical (unpaired) electrons. The van der Waals surface area contributed by atoms with Crippen molar-refractivity contribution in [2.24, 2.45) is 11.5 Å². The molecule has 5 aromatic rings. The predicted octanol–water partition coefficient (Wildman–Crippen LogP) is 6.34. The van der Waals surface area contributed by atoms with Crippen LogP contribution in [0.4, 0.5) is 0 Å². The van der Waals surface area contributed by atoms with Crippen LogP contribution in [0.5, 0.6) is 11.5 Å². The highest BCUT2D eigenvalue weighted by atomic mass is 16.5. The zero-order chi connectivity index (χ0) is 30.4. The first kappa shape index (κ1) is 31.0. The number of hydrogen-bond acceptors (Lipinski definition) is 6. The molecule has 0 fully saturated rings. The quantitative estimate of drug-likeness (QED) is 0.108. The average Bonchev–Trinajstić information content (AvgIpc) is 3.08. The maximum Gasteiger partial charge on any atom is 0.119 e. The third-order valence-electron chi connectivity index (χ3n) is 7.45. The summed E-state index contributed by atoms with van der Waals surface area (Å²) in [4.78, 5) is 0. The van der Waals surface area contributed by atoms with E-state index >= 15 is 0 Å². The molecule has 6 heteroatoms. The van der Waals surface area contributed by atoms with Crippen LogP contribution in [0, 0.1) is 0 Å². The highest BCUT2D eigenvalue weighted by Gasteiger charge is 2.02. The normalized spacial score (nSPS) is 11.0. The number of rotatable bonds is 16. The zero-order valence-electron chi connectivity index (χ0n) is 25.2. The summed E-state index contributed by atoms with van der Waals surface area (Å²) in [6, 6.07) is 41.7. The van der Waals surface area contributed by atoms with Crippen LogP contribution in [-0.2, 0) is 52.5 Å². The Morgan fingerprint density at radius 2 is 0.727 bits per heavy atom. The van der Waals surface area contributed by atoms with E-state index in [1.165, 1.54) is 22.3 Å². The summed E-state index contributed by atoms with van der Waals surface area (Å²) in [5, 5.41) is 7.13. The molecule has 5 aromatic carbocycles. The highest BCUT2D eigenvalue weighted by Crippen LogP contribution is 2.16. The first-order valence-corrected chi connectivity index (χ1v) is 15.2. The lowest BCUT2D eigenvalue weighted by Crippen LogP contribution is -2.14. The molecule has 0 amide bonds. The average molecular weight is 587 g/mol. The Morgan fingerprint density at radius 3 is 1.11 bits per heavy atom. The fourth-order valence-corrected chi connectivity index (χ4v) is 4.91. The summed E-state index contributed by atoms with van der Waals surface area (Å²) in [7, 11) is 0. The van der Waals surface area contributed by atoms with Gasteiger partial charge in [0.15, 0.2) is 0 Å². The molecule has 0 spiro atoms. The van der Waals surface area contributed by atoms with Crippen molar-refractivity contribution >= 4 is 0 Å². The standard InChI is InChI=1S/C38H42N4O2/c39-21-29-11-15-37(16-12-29)43-27-35-5-1-3-33(19-35)25-41-23-31-7-9-32(10-8-31)24-42-26-34-4-2-6-36(20-34)28-44-38-17-13-30(22-40)14-18-38/h1-20,41-42H,21-28,39-40H2. The lowest BCUT2D eigenvalue weighted by molar-refractivity contribution is 0.306. The van der Waals surface area contributed by atoms with Gasteiger partial charge in [-0.3, -0.25) is 0 Å². The summed E-state index contributed by atoms with van der Waals surface area (Å²) >= 11 is 0. The Bertz CT molecular complexity index is 1450. The summed E-state index contributed by atoms with van der Waals surface area (Å²) in [5.74, 6) is 1.70. The Morgan fingerprint density at radius 1 is 0.386 bits per heavy atom. The van der Waals surface area contributed by atoms with Gasteiger partial charge in [0.05, 0.1) is 0 Å². The summed E-state index contributed by atoms with van der Waals surface area (Å²) in [6.07, 6.45) is 0. The molecule has 44 heavy (non-hydrogen) atoms. The summed E-state index contributed by atoms with van der Waals surface area (Å²) < 4.78 is 11.9. The monoisotopic (exact) mass is 586 g/mol. The van der Waals surface area contributed by atoms with E-state index in [9.17, 15) is 0 Å². The van der Waals surface area contributed by atoms with Gasteiger partial charge >= 0.3 is 0 Å². The number of nitrogens with one attached hydrogen (secondary N) is 2. The smallest absolute Gasteiger partial charge is 0.119 e. The van der Waals surface area contributed by atoms with E-state index in [2.05, 4.69) is 83.4 Å². The minimum atomic E-state index is 0.538. The third-order valence-corrected chi connectivity index (χ3v) is 7.45. The molecule has 5 rings (SSSR count). The maximum absolute atomic E-state index is 5.95. The van der Waals surface area contributed by atoms with Crippen molar-refractivity contribution in [1.29, 1.82) is 0 Å². The Hall–Kier alpha value is -4.46. The van der Waals surface area contributed by atoms with Gasteiger partial charge in [-0.25, -0.2) is 0 Å². The van der Waals surface area contributed by atoms with E-state index < -0.39 is 0 Å². The number of benzene rings is 5. The number of hydrogen-bond donors (Lipinski definition) is 4. The molecule has 0 aromatic heterocycles. The van der Waals surface area contributed by atoms with Crippen LogP contribution in [0.25, 0.3) is 0 Å². The van der Waals surface area contributed by atoms with Gasteiger partial charge < -0.3 is 31.6 Å². The predicted molar refractivity (Wildman–Crippen MR) is 178 cm³/mol. The summed E-state index contributed by atoms with van der Waals surface area (Å²) in [6.45, 7) is 5.38. The molecule has 0 atom stereocenters. The van der Waals surface area contributed by atoms with Gasteiger partial charge in [-0.05, 0) is 68.8 Å².